The number of anilines is 1. The Hall–Kier alpha value is -1.69. The Balaban J connectivity index is 1.26. The van der Waals surface area contributed by atoms with E-state index in [1.54, 1.807) is 11.3 Å². The van der Waals surface area contributed by atoms with Crippen molar-refractivity contribution in [2.24, 2.45) is 23.2 Å². The van der Waals surface area contributed by atoms with Crippen LogP contribution in [0.5, 0.6) is 0 Å². The lowest BCUT2D eigenvalue weighted by Crippen LogP contribution is -2.51. The molecule has 0 saturated heterocycles. The van der Waals surface area contributed by atoms with Crippen LogP contribution >= 0.6 is 11.3 Å². The van der Waals surface area contributed by atoms with E-state index in [2.05, 4.69) is 15.5 Å². The van der Waals surface area contributed by atoms with E-state index in [9.17, 15) is 4.79 Å². The Bertz CT molecular complexity index is 831. The second-order valence-corrected chi connectivity index (χ2v) is 9.96. The Labute approximate surface area is 156 Å². The number of hydrogen-bond donors (Lipinski definition) is 1. The first-order chi connectivity index (χ1) is 12.7. The number of amides is 1. The van der Waals surface area contributed by atoms with Gasteiger partial charge in [-0.15, -0.1) is 11.3 Å². The number of aromatic nitrogens is 2. The molecule has 0 spiro atoms. The van der Waals surface area contributed by atoms with E-state index in [0.29, 0.717) is 11.8 Å². The summed E-state index contributed by atoms with van der Waals surface area (Å²) in [6.45, 7) is 0. The average Bonchev–Trinajstić information content (AvgIpc) is 3.16. The first-order valence-electron chi connectivity index (χ1n) is 9.91. The van der Waals surface area contributed by atoms with Crippen LogP contribution in [0.2, 0.25) is 0 Å². The van der Waals surface area contributed by atoms with Gasteiger partial charge in [-0.3, -0.25) is 4.79 Å². The van der Waals surface area contributed by atoms with Gasteiger partial charge in [-0.25, -0.2) is 0 Å². The number of nitrogens with one attached hydrogen (secondary N) is 1. The lowest BCUT2D eigenvalue weighted by Gasteiger charge is -2.55. The van der Waals surface area contributed by atoms with Gasteiger partial charge in [0.15, 0.2) is 5.82 Å². The zero-order valence-corrected chi connectivity index (χ0v) is 15.6. The van der Waals surface area contributed by atoms with Crippen LogP contribution in [-0.4, -0.2) is 16.0 Å². The van der Waals surface area contributed by atoms with Gasteiger partial charge in [0.2, 0.25) is 5.91 Å². The van der Waals surface area contributed by atoms with Crippen molar-refractivity contribution in [2.45, 2.75) is 57.3 Å². The molecule has 0 radical (unpaired) electrons. The Kier molecular flexibility index (Phi) is 3.20. The SMILES string of the molecule is O=C(Nc1ccsc1-c1nc(C2CC2)no1)C12CC3CC(CC(C3)C1)C2. The maximum atomic E-state index is 13.3. The van der Waals surface area contributed by atoms with Gasteiger partial charge in [-0.2, -0.15) is 4.98 Å². The van der Waals surface area contributed by atoms with E-state index >= 15 is 0 Å². The average molecular weight is 369 g/mol. The molecule has 5 aliphatic rings. The molecule has 1 N–H and O–H groups in total. The molecule has 136 valence electrons. The zero-order valence-electron chi connectivity index (χ0n) is 14.7. The molecule has 5 nitrogen and oxygen atoms in total. The fraction of sp³-hybridized carbons (Fsp3) is 0.650. The molecule has 5 fully saturated rings. The van der Waals surface area contributed by atoms with E-state index in [0.717, 1.165) is 66.2 Å². The maximum absolute atomic E-state index is 13.3. The van der Waals surface area contributed by atoms with Crippen LogP contribution in [0.1, 0.15) is 63.1 Å². The summed E-state index contributed by atoms with van der Waals surface area (Å²) in [5.41, 5.74) is 0.698. The summed E-state index contributed by atoms with van der Waals surface area (Å²) in [5.74, 6) is 4.35. The minimum absolute atomic E-state index is 0.137. The third-order valence-corrected chi connectivity index (χ3v) is 7.91. The maximum Gasteiger partial charge on any atom is 0.270 e. The van der Waals surface area contributed by atoms with E-state index in [1.165, 1.54) is 19.3 Å². The van der Waals surface area contributed by atoms with E-state index in [4.69, 9.17) is 4.52 Å². The number of nitrogens with zero attached hydrogens (tertiary/aromatic N) is 2. The highest BCUT2D eigenvalue weighted by Crippen LogP contribution is 2.60. The molecule has 26 heavy (non-hydrogen) atoms. The van der Waals surface area contributed by atoms with Crippen LogP contribution in [0.4, 0.5) is 5.69 Å². The fourth-order valence-electron chi connectivity index (χ4n) is 6.05. The van der Waals surface area contributed by atoms with Crippen LogP contribution in [0.25, 0.3) is 10.8 Å². The lowest BCUT2D eigenvalue weighted by molar-refractivity contribution is -0.140. The van der Waals surface area contributed by atoms with Crippen molar-refractivity contribution in [1.82, 2.24) is 10.1 Å². The highest BCUT2D eigenvalue weighted by Gasteiger charge is 2.54. The summed E-state index contributed by atoms with van der Waals surface area (Å²) >= 11 is 1.56. The van der Waals surface area contributed by atoms with Crippen LogP contribution in [0, 0.1) is 23.2 Å². The quantitative estimate of drug-likeness (QED) is 0.838. The molecule has 2 aromatic rings. The number of hydrogen-bond acceptors (Lipinski definition) is 5. The van der Waals surface area contributed by atoms with Gasteiger partial charge < -0.3 is 9.84 Å². The summed E-state index contributed by atoms with van der Waals surface area (Å²) in [4.78, 5) is 18.7. The normalized spacial score (nSPS) is 35.0. The Morgan fingerprint density at radius 2 is 1.85 bits per heavy atom. The van der Waals surface area contributed by atoms with E-state index in [1.807, 2.05) is 11.4 Å². The highest BCUT2D eigenvalue weighted by molar-refractivity contribution is 7.14. The summed E-state index contributed by atoms with van der Waals surface area (Å²) < 4.78 is 5.48. The lowest BCUT2D eigenvalue weighted by atomic mass is 9.49. The number of carbonyl (C=O) groups excluding carboxylic acids is 1. The highest BCUT2D eigenvalue weighted by atomic mass is 32.1. The van der Waals surface area contributed by atoms with Crippen molar-refractivity contribution >= 4 is 22.9 Å². The molecule has 6 heteroatoms. The molecule has 7 rings (SSSR count). The number of carbonyl (C=O) groups is 1. The molecular formula is C20H23N3O2S. The summed E-state index contributed by atoms with van der Waals surface area (Å²) in [5, 5.41) is 9.35. The van der Waals surface area contributed by atoms with Gasteiger partial charge in [-0.05, 0) is 80.6 Å². The molecule has 2 aromatic heterocycles. The van der Waals surface area contributed by atoms with Crippen molar-refractivity contribution in [3.63, 3.8) is 0 Å². The van der Waals surface area contributed by atoms with Crippen LogP contribution in [0.15, 0.2) is 16.0 Å². The molecule has 1 amide bonds. The minimum atomic E-state index is -0.137. The third-order valence-electron chi connectivity index (χ3n) is 7.01. The number of rotatable bonds is 4. The zero-order chi connectivity index (χ0) is 17.3. The van der Waals surface area contributed by atoms with Crippen LogP contribution in [-0.2, 0) is 4.79 Å². The van der Waals surface area contributed by atoms with Crippen LogP contribution in [0.3, 0.4) is 0 Å². The molecule has 5 saturated carbocycles. The molecule has 0 atom stereocenters. The first kappa shape index (κ1) is 15.4. The fourth-order valence-corrected chi connectivity index (χ4v) is 6.82. The molecule has 2 heterocycles. The van der Waals surface area contributed by atoms with E-state index < -0.39 is 0 Å². The van der Waals surface area contributed by atoms with E-state index in [-0.39, 0.29) is 11.3 Å². The predicted octanol–water partition coefficient (Wildman–Crippen LogP) is 4.83. The van der Waals surface area contributed by atoms with Gasteiger partial charge in [0, 0.05) is 5.92 Å². The minimum Gasteiger partial charge on any atom is -0.333 e. The van der Waals surface area contributed by atoms with Crippen molar-refractivity contribution in [3.8, 4) is 10.8 Å². The van der Waals surface area contributed by atoms with Gasteiger partial charge in [0.25, 0.3) is 5.89 Å². The van der Waals surface area contributed by atoms with Crippen molar-refractivity contribution in [2.75, 3.05) is 5.32 Å². The van der Waals surface area contributed by atoms with Crippen LogP contribution < -0.4 is 5.32 Å². The standard InChI is InChI=1S/C20H23N3O2S/c24-19(20-8-11-5-12(9-20)7-13(6-11)10-20)21-15-3-4-26-16(15)18-22-17(23-25-18)14-1-2-14/h3-4,11-14H,1-2,5-10H2,(H,21,24). The molecule has 4 bridgehead atoms. The van der Waals surface area contributed by atoms with Gasteiger partial charge in [0.1, 0.15) is 4.88 Å². The van der Waals surface area contributed by atoms with Gasteiger partial charge in [0.05, 0.1) is 11.1 Å². The molecule has 0 aromatic carbocycles. The Morgan fingerprint density at radius 1 is 1.15 bits per heavy atom. The predicted molar refractivity (Wildman–Crippen MR) is 98.8 cm³/mol. The Morgan fingerprint density at radius 3 is 2.50 bits per heavy atom. The smallest absolute Gasteiger partial charge is 0.270 e. The first-order valence-corrected chi connectivity index (χ1v) is 10.8. The van der Waals surface area contributed by atoms with Gasteiger partial charge >= 0.3 is 0 Å². The largest absolute Gasteiger partial charge is 0.333 e. The molecule has 0 unspecified atom stereocenters. The summed E-state index contributed by atoms with van der Waals surface area (Å²) in [6, 6.07) is 1.97. The monoisotopic (exact) mass is 369 g/mol. The van der Waals surface area contributed by atoms with Gasteiger partial charge in [-0.1, -0.05) is 5.16 Å². The summed E-state index contributed by atoms with van der Waals surface area (Å²) in [6.07, 6.45) is 9.59. The second-order valence-electron chi connectivity index (χ2n) is 9.05. The topological polar surface area (TPSA) is 68.0 Å². The van der Waals surface area contributed by atoms with Crippen molar-refractivity contribution in [1.29, 1.82) is 0 Å². The molecule has 5 aliphatic carbocycles. The third kappa shape index (κ3) is 2.38. The van der Waals surface area contributed by atoms with Crippen molar-refractivity contribution < 1.29 is 9.32 Å². The molecular weight excluding hydrogens is 346 g/mol. The second kappa shape index (κ2) is 5.41. The van der Waals surface area contributed by atoms with Crippen molar-refractivity contribution in [3.05, 3.63) is 17.3 Å². The molecule has 0 aliphatic heterocycles. The number of thiophene rings is 1. The summed E-state index contributed by atoms with van der Waals surface area (Å²) in [7, 11) is 0.